The molecule has 0 unspecified atom stereocenters. The smallest absolute Gasteiger partial charge is 0.270 e. The maximum atomic E-state index is 13.3. The second-order valence-electron chi connectivity index (χ2n) is 7.04. The number of benzene rings is 1. The summed E-state index contributed by atoms with van der Waals surface area (Å²) in [6, 6.07) is 8.46. The second kappa shape index (κ2) is 8.44. The van der Waals surface area contributed by atoms with Gasteiger partial charge in [-0.3, -0.25) is 19.9 Å². The normalized spacial score (nSPS) is 17.3. The highest BCUT2D eigenvalue weighted by Gasteiger charge is 2.27. The van der Waals surface area contributed by atoms with Gasteiger partial charge in [0.1, 0.15) is 0 Å². The highest BCUT2D eigenvalue weighted by atomic mass is 16.6. The Labute approximate surface area is 168 Å². The van der Waals surface area contributed by atoms with Crippen molar-refractivity contribution in [3.05, 3.63) is 58.4 Å². The van der Waals surface area contributed by atoms with Crippen LogP contribution in [0.1, 0.15) is 10.4 Å². The molecule has 3 heterocycles. The molecule has 2 saturated heterocycles. The Balaban J connectivity index is 1.54. The van der Waals surface area contributed by atoms with Crippen molar-refractivity contribution in [2.45, 2.75) is 0 Å². The Morgan fingerprint density at radius 1 is 0.966 bits per heavy atom. The van der Waals surface area contributed by atoms with Crippen molar-refractivity contribution >= 4 is 23.0 Å². The molecule has 9 nitrogen and oxygen atoms in total. The van der Waals surface area contributed by atoms with Crippen LogP contribution in [0.5, 0.6) is 0 Å². The van der Waals surface area contributed by atoms with Crippen molar-refractivity contribution in [3.8, 4) is 0 Å². The monoisotopic (exact) mass is 397 g/mol. The van der Waals surface area contributed by atoms with E-state index in [9.17, 15) is 14.9 Å². The molecule has 1 aromatic heterocycles. The third-order valence-corrected chi connectivity index (χ3v) is 5.37. The molecule has 2 aliphatic heterocycles. The van der Waals surface area contributed by atoms with E-state index < -0.39 is 4.92 Å². The predicted molar refractivity (Wildman–Crippen MR) is 108 cm³/mol. The van der Waals surface area contributed by atoms with E-state index in [0.29, 0.717) is 58.0 Å². The van der Waals surface area contributed by atoms with Crippen LogP contribution in [0, 0.1) is 10.1 Å². The fraction of sp³-hybridized carbons (Fsp3) is 0.400. The molecule has 2 aromatic rings. The van der Waals surface area contributed by atoms with Crippen LogP contribution in [0.2, 0.25) is 0 Å². The number of nitrogens with zero attached hydrogens (tertiary/aromatic N) is 5. The van der Waals surface area contributed by atoms with Crippen molar-refractivity contribution < 1.29 is 14.5 Å². The first kappa shape index (κ1) is 19.1. The molecule has 0 spiro atoms. The lowest BCUT2D eigenvalue weighted by Gasteiger charge is -2.37. The van der Waals surface area contributed by atoms with Crippen LogP contribution in [0.3, 0.4) is 0 Å². The van der Waals surface area contributed by atoms with Gasteiger partial charge >= 0.3 is 0 Å². The van der Waals surface area contributed by atoms with Gasteiger partial charge in [-0.25, -0.2) is 0 Å². The van der Waals surface area contributed by atoms with Crippen LogP contribution < -0.4 is 9.80 Å². The molecule has 1 amide bonds. The number of pyridine rings is 1. The molecule has 0 radical (unpaired) electrons. The zero-order valence-corrected chi connectivity index (χ0v) is 16.1. The fourth-order valence-corrected chi connectivity index (χ4v) is 3.78. The highest BCUT2D eigenvalue weighted by molar-refractivity contribution is 6.00. The van der Waals surface area contributed by atoms with Crippen molar-refractivity contribution in [3.63, 3.8) is 0 Å². The van der Waals surface area contributed by atoms with E-state index in [1.54, 1.807) is 23.4 Å². The molecule has 0 saturated carbocycles. The first-order valence-corrected chi connectivity index (χ1v) is 9.69. The zero-order valence-electron chi connectivity index (χ0n) is 16.1. The maximum absolute atomic E-state index is 13.3. The van der Waals surface area contributed by atoms with Gasteiger partial charge in [0.25, 0.3) is 11.6 Å². The molecule has 0 bridgehead atoms. The third kappa shape index (κ3) is 4.14. The summed E-state index contributed by atoms with van der Waals surface area (Å²) < 4.78 is 5.40. The number of anilines is 2. The average molecular weight is 397 g/mol. The third-order valence-electron chi connectivity index (χ3n) is 5.37. The van der Waals surface area contributed by atoms with Crippen LogP contribution in [-0.2, 0) is 4.74 Å². The van der Waals surface area contributed by atoms with Crippen LogP contribution >= 0.6 is 0 Å². The molecule has 0 atom stereocenters. The van der Waals surface area contributed by atoms with Gasteiger partial charge < -0.3 is 19.4 Å². The zero-order chi connectivity index (χ0) is 20.2. The number of carbonyl (C=O) groups excluding carboxylic acids is 1. The van der Waals surface area contributed by atoms with E-state index in [-0.39, 0.29) is 11.6 Å². The SMILES string of the molecule is O=C(c1cc([N+](=O)[O-])ccc1N1CCOCC1)N1CCN(c2ccncc2)CC1. The van der Waals surface area contributed by atoms with Gasteiger partial charge in [0.15, 0.2) is 0 Å². The van der Waals surface area contributed by atoms with Crippen LogP contribution in [-0.4, -0.2) is 73.2 Å². The van der Waals surface area contributed by atoms with Gasteiger partial charge in [0, 0.05) is 69.5 Å². The number of hydrogen-bond acceptors (Lipinski definition) is 7. The molecule has 0 aliphatic carbocycles. The van der Waals surface area contributed by atoms with E-state index in [0.717, 1.165) is 11.4 Å². The number of piperazine rings is 1. The molecule has 9 heteroatoms. The molecule has 29 heavy (non-hydrogen) atoms. The average Bonchev–Trinajstić information content (AvgIpc) is 2.79. The molecular weight excluding hydrogens is 374 g/mol. The van der Waals surface area contributed by atoms with Crippen molar-refractivity contribution in [1.29, 1.82) is 0 Å². The molecule has 0 N–H and O–H groups in total. The fourth-order valence-electron chi connectivity index (χ4n) is 3.78. The first-order chi connectivity index (χ1) is 14.1. The van der Waals surface area contributed by atoms with Gasteiger partial charge in [-0.1, -0.05) is 0 Å². The summed E-state index contributed by atoms with van der Waals surface area (Å²) in [5, 5.41) is 11.3. The molecule has 1 aromatic carbocycles. The van der Waals surface area contributed by atoms with Crippen LogP contribution in [0.25, 0.3) is 0 Å². The van der Waals surface area contributed by atoms with Crippen LogP contribution in [0.15, 0.2) is 42.7 Å². The molecule has 2 aliphatic rings. The Kier molecular flexibility index (Phi) is 5.57. The number of nitro groups is 1. The molecule has 2 fully saturated rings. The lowest BCUT2D eigenvalue weighted by Crippen LogP contribution is -2.49. The quantitative estimate of drug-likeness (QED) is 0.574. The summed E-state index contributed by atoms with van der Waals surface area (Å²) in [6.45, 7) is 5.01. The number of morpholine rings is 1. The standard InChI is InChI=1S/C20H23N5O4/c26-20(24-9-7-22(8-10-24)16-3-5-21-6-4-16)18-15-17(25(27)28)1-2-19(18)23-11-13-29-14-12-23/h1-6,15H,7-14H2. The number of amides is 1. The summed E-state index contributed by atoms with van der Waals surface area (Å²) >= 11 is 0. The topological polar surface area (TPSA) is 92.0 Å². The molecule has 4 rings (SSSR count). The summed E-state index contributed by atoms with van der Waals surface area (Å²) in [4.78, 5) is 34.2. The van der Waals surface area contributed by atoms with Gasteiger partial charge in [-0.15, -0.1) is 0 Å². The van der Waals surface area contributed by atoms with E-state index >= 15 is 0 Å². The van der Waals surface area contributed by atoms with Gasteiger partial charge in [0.2, 0.25) is 0 Å². The summed E-state index contributed by atoms with van der Waals surface area (Å²) in [5.41, 5.74) is 2.14. The second-order valence-corrected chi connectivity index (χ2v) is 7.04. The Morgan fingerprint density at radius 3 is 2.31 bits per heavy atom. The number of hydrogen-bond donors (Lipinski definition) is 0. The van der Waals surface area contributed by atoms with Gasteiger partial charge in [-0.2, -0.15) is 0 Å². The minimum atomic E-state index is -0.457. The summed E-state index contributed by atoms with van der Waals surface area (Å²) in [5.74, 6) is -0.162. The number of non-ortho nitro benzene ring substituents is 1. The maximum Gasteiger partial charge on any atom is 0.270 e. The number of nitro benzene ring substituents is 1. The lowest BCUT2D eigenvalue weighted by molar-refractivity contribution is -0.384. The van der Waals surface area contributed by atoms with Crippen LogP contribution in [0.4, 0.5) is 17.1 Å². The Bertz CT molecular complexity index is 878. The number of aromatic nitrogens is 1. The summed E-state index contributed by atoms with van der Waals surface area (Å²) in [6.07, 6.45) is 3.51. The number of rotatable bonds is 4. The van der Waals surface area contributed by atoms with Gasteiger partial charge in [-0.05, 0) is 18.2 Å². The van der Waals surface area contributed by atoms with E-state index in [1.807, 2.05) is 12.1 Å². The van der Waals surface area contributed by atoms with Crippen molar-refractivity contribution in [2.75, 3.05) is 62.3 Å². The van der Waals surface area contributed by atoms with Crippen molar-refractivity contribution in [2.24, 2.45) is 0 Å². The minimum absolute atomic E-state index is 0.0687. The Hall–Kier alpha value is -3.20. The van der Waals surface area contributed by atoms with E-state index in [2.05, 4.69) is 14.8 Å². The Morgan fingerprint density at radius 2 is 1.66 bits per heavy atom. The van der Waals surface area contributed by atoms with E-state index in [1.165, 1.54) is 12.1 Å². The molecular formula is C20H23N5O4. The molecule has 152 valence electrons. The first-order valence-electron chi connectivity index (χ1n) is 9.69. The van der Waals surface area contributed by atoms with E-state index in [4.69, 9.17) is 4.74 Å². The number of ether oxygens (including phenoxy) is 1. The number of carbonyl (C=O) groups is 1. The predicted octanol–water partition coefficient (Wildman–Crippen LogP) is 1.79. The highest BCUT2D eigenvalue weighted by Crippen LogP contribution is 2.28. The van der Waals surface area contributed by atoms with Crippen molar-refractivity contribution in [1.82, 2.24) is 9.88 Å². The lowest BCUT2D eigenvalue weighted by atomic mass is 10.1. The largest absolute Gasteiger partial charge is 0.378 e. The van der Waals surface area contributed by atoms with Gasteiger partial charge in [0.05, 0.1) is 29.4 Å². The minimum Gasteiger partial charge on any atom is -0.378 e. The summed E-state index contributed by atoms with van der Waals surface area (Å²) in [7, 11) is 0.